The van der Waals surface area contributed by atoms with Gasteiger partial charge in [0.05, 0.1) is 18.5 Å². The fourth-order valence-corrected chi connectivity index (χ4v) is 4.14. The highest BCUT2D eigenvalue weighted by Crippen LogP contribution is 2.41. The fourth-order valence-electron chi connectivity index (χ4n) is 3.96. The maximum Gasteiger partial charge on any atom is 0.158 e. The van der Waals surface area contributed by atoms with E-state index in [0.29, 0.717) is 11.1 Å². The smallest absolute Gasteiger partial charge is 0.158 e. The normalized spacial score (nSPS) is 15.3. The van der Waals surface area contributed by atoms with Gasteiger partial charge in [0.2, 0.25) is 0 Å². The summed E-state index contributed by atoms with van der Waals surface area (Å²) in [5, 5.41) is 16.1. The lowest BCUT2D eigenvalue weighted by atomic mass is 9.91. The van der Waals surface area contributed by atoms with E-state index >= 15 is 0 Å². The van der Waals surface area contributed by atoms with Crippen LogP contribution in [0.15, 0.2) is 24.5 Å². The van der Waals surface area contributed by atoms with E-state index in [0.717, 1.165) is 52.8 Å². The van der Waals surface area contributed by atoms with Gasteiger partial charge in [-0.25, -0.2) is 14.6 Å². The van der Waals surface area contributed by atoms with Gasteiger partial charge in [-0.3, -0.25) is 0 Å². The van der Waals surface area contributed by atoms with E-state index in [-0.39, 0.29) is 6.61 Å². The van der Waals surface area contributed by atoms with Gasteiger partial charge in [-0.2, -0.15) is 5.10 Å². The molecule has 0 bridgehead atoms. The first-order chi connectivity index (χ1) is 12.2. The van der Waals surface area contributed by atoms with E-state index in [2.05, 4.69) is 17.0 Å². The molecule has 6 heteroatoms. The minimum absolute atomic E-state index is 0.0403. The Bertz CT molecular complexity index is 915. The minimum Gasteiger partial charge on any atom is -0.392 e. The van der Waals surface area contributed by atoms with E-state index in [1.807, 2.05) is 23.0 Å². The van der Waals surface area contributed by atoms with Gasteiger partial charge in [0.15, 0.2) is 5.65 Å². The number of hydrogen-bond donors (Lipinski definition) is 1. The molecule has 0 saturated heterocycles. The van der Waals surface area contributed by atoms with Crippen molar-refractivity contribution in [3.8, 4) is 11.1 Å². The molecule has 0 amide bonds. The van der Waals surface area contributed by atoms with E-state index < -0.39 is 0 Å². The van der Waals surface area contributed by atoms with Gasteiger partial charge in [0, 0.05) is 35.2 Å². The van der Waals surface area contributed by atoms with Gasteiger partial charge in [-0.15, -0.1) is 0 Å². The number of fused-ring (bicyclic) bond motifs is 1. The maximum absolute atomic E-state index is 10.2. The number of aliphatic hydroxyl groups excluding tert-OH is 1. The highest BCUT2D eigenvalue weighted by molar-refractivity contribution is 6.29. The monoisotopic (exact) mass is 356 g/mol. The summed E-state index contributed by atoms with van der Waals surface area (Å²) in [5.74, 6) is 0.405. The van der Waals surface area contributed by atoms with E-state index in [1.54, 1.807) is 6.20 Å². The predicted octanol–water partition coefficient (Wildman–Crippen LogP) is 4.32. The summed E-state index contributed by atoms with van der Waals surface area (Å²) in [6.07, 6.45) is 8.24. The largest absolute Gasteiger partial charge is 0.392 e. The third-order valence-corrected chi connectivity index (χ3v) is 5.34. The first-order valence-corrected chi connectivity index (χ1v) is 9.21. The average molecular weight is 357 g/mol. The van der Waals surface area contributed by atoms with Crippen molar-refractivity contribution in [2.75, 3.05) is 0 Å². The lowest BCUT2D eigenvalue weighted by Gasteiger charge is -2.18. The molecule has 0 unspecified atom stereocenters. The van der Waals surface area contributed by atoms with Crippen molar-refractivity contribution >= 4 is 22.6 Å². The van der Waals surface area contributed by atoms with Gasteiger partial charge >= 0.3 is 0 Å². The molecule has 0 aliphatic heterocycles. The third kappa shape index (κ3) is 2.81. The molecule has 0 radical (unpaired) electrons. The van der Waals surface area contributed by atoms with Crippen LogP contribution < -0.4 is 0 Å². The number of nitrogens with zero attached hydrogens (tertiary/aromatic N) is 4. The summed E-state index contributed by atoms with van der Waals surface area (Å²) < 4.78 is 1.92. The Balaban J connectivity index is 2.05. The first kappa shape index (κ1) is 16.5. The predicted molar refractivity (Wildman–Crippen MR) is 98.6 cm³/mol. The zero-order chi connectivity index (χ0) is 17.4. The molecule has 1 saturated carbocycles. The molecule has 3 heterocycles. The van der Waals surface area contributed by atoms with Crippen molar-refractivity contribution < 1.29 is 5.11 Å². The molecule has 0 spiro atoms. The second-order valence-electron chi connectivity index (χ2n) is 6.55. The number of halogens is 1. The number of aromatic nitrogens is 4. The van der Waals surface area contributed by atoms with Crippen LogP contribution in [0, 0.1) is 0 Å². The van der Waals surface area contributed by atoms with Crippen LogP contribution in [0.3, 0.4) is 0 Å². The summed E-state index contributed by atoms with van der Waals surface area (Å²) in [6.45, 7) is 2.78. The Labute approximate surface area is 151 Å². The topological polar surface area (TPSA) is 63.8 Å². The quantitative estimate of drug-likeness (QED) is 0.707. The van der Waals surface area contributed by atoms with Crippen LogP contribution in [0.2, 0.25) is 5.15 Å². The zero-order valence-corrected chi connectivity index (χ0v) is 15.0. The van der Waals surface area contributed by atoms with Crippen LogP contribution in [-0.2, 0) is 13.2 Å². The Morgan fingerprint density at radius 1 is 1.32 bits per heavy atom. The minimum atomic E-state index is -0.0403. The number of aliphatic hydroxyl groups is 1. The Kier molecular flexibility index (Phi) is 4.44. The zero-order valence-electron chi connectivity index (χ0n) is 14.2. The van der Waals surface area contributed by atoms with Crippen molar-refractivity contribution in [1.29, 1.82) is 0 Å². The highest BCUT2D eigenvalue weighted by atomic mass is 35.5. The Morgan fingerprint density at radius 2 is 2.12 bits per heavy atom. The Morgan fingerprint density at radius 3 is 2.80 bits per heavy atom. The van der Waals surface area contributed by atoms with Gasteiger partial charge in [0.1, 0.15) is 5.15 Å². The summed E-state index contributed by atoms with van der Waals surface area (Å²) in [7, 11) is 0. The van der Waals surface area contributed by atoms with Crippen molar-refractivity contribution in [1.82, 2.24) is 19.7 Å². The second-order valence-corrected chi connectivity index (χ2v) is 6.94. The highest BCUT2D eigenvalue weighted by Gasteiger charge is 2.26. The molecule has 1 N–H and O–H groups in total. The molecule has 3 aromatic rings. The lowest BCUT2D eigenvalue weighted by Crippen LogP contribution is -2.08. The second kappa shape index (κ2) is 6.73. The molecule has 1 fully saturated rings. The summed E-state index contributed by atoms with van der Waals surface area (Å²) in [5.41, 5.74) is 4.73. The number of aryl methyl sites for hydroxylation is 1. The van der Waals surface area contributed by atoms with E-state index in [1.165, 1.54) is 12.8 Å². The molecular formula is C19H21ClN4O. The molecule has 130 valence electrons. The van der Waals surface area contributed by atoms with Crippen molar-refractivity contribution in [2.45, 2.75) is 51.7 Å². The summed E-state index contributed by atoms with van der Waals surface area (Å²) >= 11 is 6.13. The van der Waals surface area contributed by atoms with Gasteiger partial charge in [-0.05, 0) is 37.5 Å². The summed E-state index contributed by atoms with van der Waals surface area (Å²) in [6, 6.07) is 3.78. The molecule has 1 aliphatic rings. The Hall–Kier alpha value is -1.98. The number of hydrogen-bond acceptors (Lipinski definition) is 4. The molecule has 0 aromatic carbocycles. The van der Waals surface area contributed by atoms with Crippen LogP contribution in [0.4, 0.5) is 0 Å². The van der Waals surface area contributed by atoms with Gasteiger partial charge < -0.3 is 5.11 Å². The molecule has 0 atom stereocenters. The molecular weight excluding hydrogens is 336 g/mol. The molecule has 4 rings (SSSR count). The van der Waals surface area contributed by atoms with Gasteiger partial charge in [0.25, 0.3) is 0 Å². The van der Waals surface area contributed by atoms with Crippen LogP contribution in [0.25, 0.3) is 22.2 Å². The number of rotatable bonds is 4. The maximum atomic E-state index is 10.2. The number of pyridine rings is 2. The lowest BCUT2D eigenvalue weighted by molar-refractivity contribution is 0.280. The van der Waals surface area contributed by atoms with Crippen LogP contribution in [0.1, 0.15) is 49.8 Å². The van der Waals surface area contributed by atoms with E-state index in [4.69, 9.17) is 16.6 Å². The fraction of sp³-hybridized carbons (Fsp3) is 0.421. The van der Waals surface area contributed by atoms with Crippen molar-refractivity contribution in [3.63, 3.8) is 0 Å². The van der Waals surface area contributed by atoms with Crippen LogP contribution >= 0.6 is 11.6 Å². The van der Waals surface area contributed by atoms with Crippen LogP contribution in [0.5, 0.6) is 0 Å². The first-order valence-electron chi connectivity index (χ1n) is 8.84. The third-order valence-electron chi connectivity index (χ3n) is 5.13. The van der Waals surface area contributed by atoms with Crippen molar-refractivity contribution in [3.05, 3.63) is 40.9 Å². The SMILES string of the molecule is CCn1ncc2c(-c3ccnc(Cl)c3)c(CO)c(C3CCCC3)nc21. The standard InChI is InChI=1S/C19H21ClN4O/c1-2-24-19-14(10-22-24)17(13-7-8-21-16(20)9-13)15(11-25)18(23-19)12-5-3-4-6-12/h7-10,12,25H,2-6,11H2,1H3. The molecule has 3 aromatic heterocycles. The average Bonchev–Trinajstić information content (AvgIpc) is 3.29. The van der Waals surface area contributed by atoms with Crippen molar-refractivity contribution in [2.24, 2.45) is 0 Å². The molecule has 5 nitrogen and oxygen atoms in total. The summed E-state index contributed by atoms with van der Waals surface area (Å²) in [4.78, 5) is 9.05. The molecule has 25 heavy (non-hydrogen) atoms. The van der Waals surface area contributed by atoms with E-state index in [9.17, 15) is 5.11 Å². The molecule has 1 aliphatic carbocycles. The van der Waals surface area contributed by atoms with Crippen LogP contribution in [-0.4, -0.2) is 24.9 Å². The van der Waals surface area contributed by atoms with Gasteiger partial charge in [-0.1, -0.05) is 24.4 Å².